The van der Waals surface area contributed by atoms with Crippen molar-refractivity contribution in [3.05, 3.63) is 45.9 Å². The van der Waals surface area contributed by atoms with Crippen LogP contribution in [0.25, 0.3) is 0 Å². The van der Waals surface area contributed by atoms with Crippen molar-refractivity contribution in [3.63, 3.8) is 0 Å². The largest absolute Gasteiger partial charge is 0.358 e. The van der Waals surface area contributed by atoms with E-state index < -0.39 is 0 Å². The number of likely N-dealkylation sites (N-methyl/N-ethyl adjacent to an activating group) is 1. The van der Waals surface area contributed by atoms with Crippen LogP contribution in [-0.2, 0) is 11.2 Å². The Morgan fingerprint density at radius 1 is 1.38 bits per heavy atom. The van der Waals surface area contributed by atoms with Crippen molar-refractivity contribution in [2.24, 2.45) is 0 Å². The maximum Gasteiger partial charge on any atom is 0.257 e. The summed E-state index contributed by atoms with van der Waals surface area (Å²) < 4.78 is 0. The molecule has 6 nitrogen and oxygen atoms in total. The minimum absolute atomic E-state index is 0.0461. The highest BCUT2D eigenvalue weighted by molar-refractivity contribution is 7.11. The second-order valence-electron chi connectivity index (χ2n) is 5.62. The molecule has 1 aromatic carbocycles. The van der Waals surface area contributed by atoms with Crippen molar-refractivity contribution in [1.29, 1.82) is 0 Å². The van der Waals surface area contributed by atoms with Crippen molar-refractivity contribution in [1.82, 2.24) is 15.2 Å². The predicted octanol–water partition coefficient (Wildman–Crippen LogP) is 2.04. The molecule has 0 fully saturated rings. The van der Waals surface area contributed by atoms with E-state index in [9.17, 15) is 9.59 Å². The van der Waals surface area contributed by atoms with Gasteiger partial charge in [-0.3, -0.25) is 9.59 Å². The summed E-state index contributed by atoms with van der Waals surface area (Å²) in [5.41, 5.74) is 1.39. The van der Waals surface area contributed by atoms with Crippen molar-refractivity contribution in [2.45, 2.75) is 19.5 Å². The van der Waals surface area contributed by atoms with Crippen LogP contribution in [-0.4, -0.2) is 42.3 Å². The lowest BCUT2D eigenvalue weighted by atomic mass is 10.1. The molecule has 1 aliphatic heterocycles. The van der Waals surface area contributed by atoms with E-state index in [1.54, 1.807) is 36.4 Å². The van der Waals surface area contributed by atoms with Gasteiger partial charge >= 0.3 is 0 Å². The molecule has 2 aromatic rings. The third-order valence-electron chi connectivity index (χ3n) is 4.15. The highest BCUT2D eigenvalue weighted by Crippen LogP contribution is 2.39. The minimum atomic E-state index is -0.331. The fraction of sp³-hybridized carbons (Fsp3) is 0.353. The topological polar surface area (TPSA) is 65.5 Å². The number of aryl methyl sites for hydroxylation is 1. The van der Waals surface area contributed by atoms with Gasteiger partial charge in [-0.05, 0) is 18.6 Å². The number of carbonyl (C=O) groups is 2. The lowest BCUT2D eigenvalue weighted by Crippen LogP contribution is -2.50. The normalized spacial score (nSPS) is 17.0. The van der Waals surface area contributed by atoms with Gasteiger partial charge in [0, 0.05) is 20.3 Å². The van der Waals surface area contributed by atoms with E-state index in [0.29, 0.717) is 5.56 Å². The number of benzene rings is 1. The number of para-hydroxylation sites is 1. The number of anilines is 1. The number of rotatable bonds is 4. The van der Waals surface area contributed by atoms with Crippen LogP contribution in [0.2, 0.25) is 0 Å². The van der Waals surface area contributed by atoms with Gasteiger partial charge in [-0.25, -0.2) is 4.98 Å². The number of carbonyl (C=O) groups excluding carboxylic acids is 2. The molecule has 1 aliphatic rings. The minimum Gasteiger partial charge on any atom is -0.358 e. The number of aromatic nitrogens is 1. The van der Waals surface area contributed by atoms with E-state index in [-0.39, 0.29) is 24.5 Å². The summed E-state index contributed by atoms with van der Waals surface area (Å²) in [4.78, 5) is 33.8. The summed E-state index contributed by atoms with van der Waals surface area (Å²) >= 11 is 1.58. The average molecular weight is 344 g/mol. The first-order valence-corrected chi connectivity index (χ1v) is 8.66. The molecule has 7 heteroatoms. The molecule has 0 spiro atoms. The number of hydrogen-bond acceptors (Lipinski definition) is 5. The van der Waals surface area contributed by atoms with Gasteiger partial charge in [-0.15, -0.1) is 11.3 Å². The Labute approximate surface area is 145 Å². The molecule has 2 amide bonds. The molecule has 0 saturated carbocycles. The van der Waals surface area contributed by atoms with Gasteiger partial charge in [0.15, 0.2) is 0 Å². The van der Waals surface area contributed by atoms with Crippen LogP contribution in [0.5, 0.6) is 0 Å². The maximum absolute atomic E-state index is 12.8. The molecule has 1 atom stereocenters. The lowest BCUT2D eigenvalue weighted by molar-refractivity contribution is -0.119. The SMILES string of the molecule is CCc1ncc(C2N(C)C(=O)c3ccccc3N2CC(=O)NC)s1. The Bertz CT molecular complexity index is 773. The molecule has 1 unspecified atom stereocenters. The molecular weight excluding hydrogens is 324 g/mol. The standard InChI is InChI=1S/C17H20N4O2S/c1-4-15-19-9-13(24-15)16-20(3)17(23)11-7-5-6-8-12(11)21(16)10-14(22)18-2/h5-9,16H,4,10H2,1-3H3,(H,18,22). The van der Waals surface area contributed by atoms with E-state index in [2.05, 4.69) is 17.2 Å². The van der Waals surface area contributed by atoms with Crippen molar-refractivity contribution in [3.8, 4) is 0 Å². The smallest absolute Gasteiger partial charge is 0.257 e. The zero-order valence-corrected chi connectivity index (χ0v) is 14.8. The molecule has 0 bridgehead atoms. The molecule has 0 saturated heterocycles. The summed E-state index contributed by atoms with van der Waals surface area (Å²) in [5.74, 6) is -0.145. The monoisotopic (exact) mass is 344 g/mol. The number of nitrogens with one attached hydrogen (secondary N) is 1. The molecular formula is C17H20N4O2S. The first-order valence-electron chi connectivity index (χ1n) is 7.84. The molecule has 0 aliphatic carbocycles. The van der Waals surface area contributed by atoms with E-state index in [1.807, 2.05) is 29.3 Å². The van der Waals surface area contributed by atoms with Crippen molar-refractivity contribution in [2.75, 3.05) is 25.5 Å². The van der Waals surface area contributed by atoms with Crippen LogP contribution in [0, 0.1) is 0 Å². The second-order valence-corrected chi connectivity index (χ2v) is 6.76. The Kier molecular flexibility index (Phi) is 4.53. The summed E-state index contributed by atoms with van der Waals surface area (Å²) in [5, 5.41) is 3.68. The highest BCUT2D eigenvalue weighted by Gasteiger charge is 2.38. The van der Waals surface area contributed by atoms with E-state index in [0.717, 1.165) is 22.0 Å². The van der Waals surface area contributed by atoms with Gasteiger partial charge in [-0.1, -0.05) is 19.1 Å². The van der Waals surface area contributed by atoms with Crippen LogP contribution < -0.4 is 10.2 Å². The lowest BCUT2D eigenvalue weighted by Gasteiger charge is -2.43. The highest BCUT2D eigenvalue weighted by atomic mass is 32.1. The summed E-state index contributed by atoms with van der Waals surface area (Å²) in [6.07, 6.45) is 2.33. The first kappa shape index (κ1) is 16.4. The third kappa shape index (κ3) is 2.75. The Morgan fingerprint density at radius 3 is 2.79 bits per heavy atom. The molecule has 3 rings (SSSR count). The zero-order chi connectivity index (χ0) is 17.3. The van der Waals surface area contributed by atoms with Crippen LogP contribution in [0.3, 0.4) is 0 Å². The van der Waals surface area contributed by atoms with E-state index >= 15 is 0 Å². The van der Waals surface area contributed by atoms with Crippen LogP contribution in [0.1, 0.15) is 33.3 Å². The van der Waals surface area contributed by atoms with Gasteiger partial charge in [0.05, 0.1) is 27.7 Å². The van der Waals surface area contributed by atoms with Gasteiger partial charge in [0.25, 0.3) is 5.91 Å². The maximum atomic E-state index is 12.8. The van der Waals surface area contributed by atoms with Crippen LogP contribution in [0.4, 0.5) is 5.69 Å². The van der Waals surface area contributed by atoms with Crippen LogP contribution in [0.15, 0.2) is 30.5 Å². The molecule has 1 aromatic heterocycles. The predicted molar refractivity (Wildman–Crippen MR) is 94.2 cm³/mol. The average Bonchev–Trinajstić information content (AvgIpc) is 3.08. The number of thiazole rings is 1. The van der Waals surface area contributed by atoms with Gasteiger partial charge in [0.2, 0.25) is 5.91 Å². The Morgan fingerprint density at radius 2 is 2.12 bits per heavy atom. The van der Waals surface area contributed by atoms with Gasteiger partial charge < -0.3 is 15.1 Å². The number of nitrogens with zero attached hydrogens (tertiary/aromatic N) is 3. The van der Waals surface area contributed by atoms with Crippen molar-refractivity contribution < 1.29 is 9.59 Å². The second kappa shape index (κ2) is 6.60. The Hall–Kier alpha value is -2.41. The first-order chi connectivity index (χ1) is 11.6. The molecule has 0 radical (unpaired) electrons. The van der Waals surface area contributed by atoms with E-state index in [4.69, 9.17) is 0 Å². The van der Waals surface area contributed by atoms with Crippen LogP contribution >= 0.6 is 11.3 Å². The van der Waals surface area contributed by atoms with E-state index in [1.165, 1.54) is 0 Å². The number of hydrogen-bond donors (Lipinski definition) is 1. The van der Waals surface area contributed by atoms with Crippen molar-refractivity contribution >= 4 is 28.8 Å². The summed E-state index contributed by atoms with van der Waals surface area (Å²) in [7, 11) is 3.38. The number of amides is 2. The van der Waals surface area contributed by atoms with Gasteiger partial charge in [0.1, 0.15) is 6.17 Å². The zero-order valence-electron chi connectivity index (χ0n) is 13.9. The fourth-order valence-electron chi connectivity index (χ4n) is 2.90. The molecule has 24 heavy (non-hydrogen) atoms. The molecule has 126 valence electrons. The quantitative estimate of drug-likeness (QED) is 0.922. The molecule has 1 N–H and O–H groups in total. The summed E-state index contributed by atoms with van der Waals surface area (Å²) in [6, 6.07) is 7.41. The molecule has 2 heterocycles. The third-order valence-corrected chi connectivity index (χ3v) is 5.33. The van der Waals surface area contributed by atoms with Gasteiger partial charge in [-0.2, -0.15) is 0 Å². The number of fused-ring (bicyclic) bond motifs is 1. The Balaban J connectivity index is 2.10. The fourth-order valence-corrected chi connectivity index (χ4v) is 3.92. The summed E-state index contributed by atoms with van der Waals surface area (Å²) in [6.45, 7) is 2.23.